The summed E-state index contributed by atoms with van der Waals surface area (Å²) in [6.45, 7) is 3.12. The number of fused-ring (bicyclic) bond motifs is 1. The molecule has 5 rings (SSSR count). The Balaban J connectivity index is 0.000000162. The molecule has 184 valence electrons. The van der Waals surface area contributed by atoms with Crippen molar-refractivity contribution in [1.29, 1.82) is 0 Å². The fourth-order valence-electron chi connectivity index (χ4n) is 5.00. The van der Waals surface area contributed by atoms with Crippen molar-refractivity contribution in [3.63, 3.8) is 0 Å². The maximum absolute atomic E-state index is 11.6. The fourth-order valence-corrected chi connectivity index (χ4v) is 5.00. The molecule has 3 aliphatic rings. The molecule has 2 aliphatic heterocycles. The van der Waals surface area contributed by atoms with E-state index in [1.165, 1.54) is 36.1 Å². The van der Waals surface area contributed by atoms with Gasteiger partial charge in [0.25, 0.3) is 0 Å². The second-order valence-corrected chi connectivity index (χ2v) is 9.64. The van der Waals surface area contributed by atoms with Gasteiger partial charge in [0.2, 0.25) is 0 Å². The highest BCUT2D eigenvalue weighted by Crippen LogP contribution is 2.43. The third-order valence-electron chi connectivity index (χ3n) is 6.98. The van der Waals surface area contributed by atoms with Gasteiger partial charge in [-0.3, -0.25) is 14.7 Å². The van der Waals surface area contributed by atoms with Gasteiger partial charge in [0.05, 0.1) is 0 Å². The van der Waals surface area contributed by atoms with E-state index in [0.717, 1.165) is 76.0 Å². The Morgan fingerprint density at radius 1 is 1.12 bits per heavy atom. The Morgan fingerprint density at radius 3 is 2.68 bits per heavy atom. The Labute approximate surface area is 202 Å². The van der Waals surface area contributed by atoms with Crippen molar-refractivity contribution in [1.82, 2.24) is 14.9 Å². The zero-order valence-corrected chi connectivity index (χ0v) is 20.1. The number of aromatic nitrogens is 2. The van der Waals surface area contributed by atoms with Crippen molar-refractivity contribution >= 4 is 11.8 Å². The number of likely N-dealkylation sites (tertiary alicyclic amines) is 1. The van der Waals surface area contributed by atoms with Crippen LogP contribution < -0.4 is 5.32 Å². The first-order chi connectivity index (χ1) is 16.7. The number of nitrogens with zero attached hydrogens (tertiary/aromatic N) is 3. The lowest BCUT2D eigenvalue weighted by molar-refractivity contribution is -0.143. The van der Waals surface area contributed by atoms with E-state index >= 15 is 0 Å². The van der Waals surface area contributed by atoms with Gasteiger partial charge < -0.3 is 15.5 Å². The highest BCUT2D eigenvalue weighted by Gasteiger charge is 2.35. The van der Waals surface area contributed by atoms with E-state index < -0.39 is 12.0 Å². The van der Waals surface area contributed by atoms with E-state index in [4.69, 9.17) is 5.11 Å². The summed E-state index contributed by atoms with van der Waals surface area (Å²) in [5.74, 6) is 0.908. The number of carbonyl (C=O) groups is 1. The molecule has 1 saturated carbocycles. The fraction of sp³-hybridized carbons (Fsp3) is 0.593. The molecule has 34 heavy (non-hydrogen) atoms. The summed E-state index contributed by atoms with van der Waals surface area (Å²) in [4.78, 5) is 22.5. The summed E-state index contributed by atoms with van der Waals surface area (Å²) < 4.78 is 0. The summed E-state index contributed by atoms with van der Waals surface area (Å²) >= 11 is 0. The van der Waals surface area contributed by atoms with Crippen molar-refractivity contribution in [2.45, 2.75) is 76.2 Å². The summed E-state index contributed by atoms with van der Waals surface area (Å²) in [7, 11) is 0. The van der Waals surface area contributed by atoms with Crippen LogP contribution in [0.3, 0.4) is 0 Å². The number of aliphatic hydroxyl groups is 1. The van der Waals surface area contributed by atoms with Crippen molar-refractivity contribution in [3.8, 4) is 0 Å². The predicted octanol–water partition coefficient (Wildman–Crippen LogP) is 4.33. The molecular weight excluding hydrogens is 428 g/mol. The maximum atomic E-state index is 11.6. The van der Waals surface area contributed by atoms with E-state index in [2.05, 4.69) is 32.3 Å². The van der Waals surface area contributed by atoms with Crippen LogP contribution >= 0.6 is 0 Å². The number of pyridine rings is 2. The van der Waals surface area contributed by atoms with Gasteiger partial charge in [-0.25, -0.2) is 4.98 Å². The molecule has 0 bridgehead atoms. The van der Waals surface area contributed by atoms with Gasteiger partial charge in [-0.2, -0.15) is 0 Å². The van der Waals surface area contributed by atoms with Gasteiger partial charge in [0.1, 0.15) is 11.9 Å². The summed E-state index contributed by atoms with van der Waals surface area (Å²) in [6, 6.07) is 5.84. The van der Waals surface area contributed by atoms with Crippen LogP contribution in [0.1, 0.15) is 85.7 Å². The number of unbranched alkanes of at least 4 members (excludes halogenated alkanes) is 2. The van der Waals surface area contributed by atoms with Crippen molar-refractivity contribution in [2.75, 3.05) is 31.6 Å². The first kappa shape index (κ1) is 24.6. The number of carboxylic acid groups (broad SMARTS) is 1. The summed E-state index contributed by atoms with van der Waals surface area (Å²) in [5, 5.41) is 21.6. The Kier molecular flexibility index (Phi) is 8.88. The quantitative estimate of drug-likeness (QED) is 0.473. The zero-order valence-electron chi connectivity index (χ0n) is 20.1. The molecule has 2 fully saturated rings. The molecule has 1 aliphatic carbocycles. The van der Waals surface area contributed by atoms with Gasteiger partial charge in [0.15, 0.2) is 0 Å². The average molecular weight is 467 g/mol. The Morgan fingerprint density at radius 2 is 1.94 bits per heavy atom. The Bertz CT molecular complexity index is 941. The molecule has 1 unspecified atom stereocenters. The van der Waals surface area contributed by atoms with Crippen LogP contribution in [0.2, 0.25) is 0 Å². The topological polar surface area (TPSA) is 98.6 Å². The molecule has 2 aromatic heterocycles. The predicted molar refractivity (Wildman–Crippen MR) is 133 cm³/mol. The number of aliphatic hydroxyl groups excluding tert-OH is 1. The van der Waals surface area contributed by atoms with E-state index in [0.29, 0.717) is 12.5 Å². The molecule has 3 N–H and O–H groups in total. The van der Waals surface area contributed by atoms with E-state index in [1.807, 2.05) is 6.07 Å². The lowest BCUT2D eigenvalue weighted by Crippen LogP contribution is -2.32. The minimum Gasteiger partial charge on any atom is -0.480 e. The molecule has 0 radical (unpaired) electrons. The largest absolute Gasteiger partial charge is 0.480 e. The first-order valence-corrected chi connectivity index (χ1v) is 12.9. The standard InChI is InChI=1S/C14H18N2O2.C13H20N2O/c17-14(18)13(16-7-1-2-8-16)12-9-15-6-5-11(12)10-3-4-10;16-10-3-1-2-6-12-8-7-11-5-4-9-14-13(11)15-12/h5-6,9-10,13H,1-4,7-8H2,(H,17,18);7-8,16H,1-6,9-10H2,(H,14,15). The number of aliphatic carboxylic acids is 1. The maximum Gasteiger partial charge on any atom is 0.325 e. The number of nitrogens with one attached hydrogen (secondary N) is 1. The lowest BCUT2D eigenvalue weighted by Gasteiger charge is -2.25. The van der Waals surface area contributed by atoms with Crippen LogP contribution in [0.4, 0.5) is 5.82 Å². The zero-order chi connectivity index (χ0) is 23.8. The van der Waals surface area contributed by atoms with Gasteiger partial charge in [-0.05, 0) is 100 Å². The lowest BCUT2D eigenvalue weighted by atomic mass is 9.98. The minimum atomic E-state index is -0.744. The van der Waals surface area contributed by atoms with Crippen LogP contribution in [-0.2, 0) is 17.6 Å². The van der Waals surface area contributed by atoms with Crippen LogP contribution in [-0.4, -0.2) is 57.3 Å². The third kappa shape index (κ3) is 6.54. The highest BCUT2D eigenvalue weighted by atomic mass is 16.4. The van der Waals surface area contributed by atoms with Crippen molar-refractivity contribution in [3.05, 3.63) is 53.0 Å². The van der Waals surface area contributed by atoms with E-state index in [-0.39, 0.29) is 0 Å². The molecule has 4 heterocycles. The molecule has 7 nitrogen and oxygen atoms in total. The summed E-state index contributed by atoms with van der Waals surface area (Å²) in [6.07, 6.45) is 14.6. The molecule has 2 aromatic rings. The molecule has 1 atom stereocenters. The second kappa shape index (κ2) is 12.3. The van der Waals surface area contributed by atoms with Gasteiger partial charge >= 0.3 is 5.97 Å². The van der Waals surface area contributed by atoms with Crippen molar-refractivity contribution in [2.24, 2.45) is 0 Å². The van der Waals surface area contributed by atoms with Gasteiger partial charge in [-0.15, -0.1) is 0 Å². The monoisotopic (exact) mass is 466 g/mol. The molecule has 0 spiro atoms. The SMILES string of the molecule is O=C(O)C(c1cnccc1C1CC1)N1CCCC1.OCCCCCc1ccc2c(n1)NCCC2. The first-order valence-electron chi connectivity index (χ1n) is 12.9. The molecule has 0 aromatic carbocycles. The van der Waals surface area contributed by atoms with Crippen LogP contribution in [0, 0.1) is 0 Å². The molecule has 1 saturated heterocycles. The number of carboxylic acids is 1. The normalized spacial score (nSPS) is 18.4. The second-order valence-electron chi connectivity index (χ2n) is 9.64. The molecule has 7 heteroatoms. The third-order valence-corrected chi connectivity index (χ3v) is 6.98. The Hall–Kier alpha value is -2.51. The number of anilines is 1. The molecular formula is C27H38N4O3. The number of hydrogen-bond acceptors (Lipinski definition) is 6. The average Bonchev–Trinajstić information content (AvgIpc) is 3.57. The van der Waals surface area contributed by atoms with E-state index in [1.54, 1.807) is 12.4 Å². The number of hydrogen-bond donors (Lipinski definition) is 3. The van der Waals surface area contributed by atoms with Gasteiger partial charge in [-0.1, -0.05) is 12.5 Å². The smallest absolute Gasteiger partial charge is 0.325 e. The van der Waals surface area contributed by atoms with Gasteiger partial charge in [0, 0.05) is 36.8 Å². The molecule has 0 amide bonds. The van der Waals surface area contributed by atoms with Crippen LogP contribution in [0.5, 0.6) is 0 Å². The van der Waals surface area contributed by atoms with Crippen LogP contribution in [0.25, 0.3) is 0 Å². The minimum absolute atomic E-state index is 0.305. The van der Waals surface area contributed by atoms with E-state index in [9.17, 15) is 9.90 Å². The highest BCUT2D eigenvalue weighted by molar-refractivity contribution is 5.76. The van der Waals surface area contributed by atoms with Crippen molar-refractivity contribution < 1.29 is 15.0 Å². The number of rotatable bonds is 9. The number of aryl methyl sites for hydroxylation is 2. The summed E-state index contributed by atoms with van der Waals surface area (Å²) in [5.41, 5.74) is 4.63. The van der Waals surface area contributed by atoms with Crippen LogP contribution in [0.15, 0.2) is 30.6 Å².